The van der Waals surface area contributed by atoms with Crippen LogP contribution in [-0.4, -0.2) is 24.6 Å². The van der Waals surface area contributed by atoms with Gasteiger partial charge < -0.3 is 9.67 Å². The van der Waals surface area contributed by atoms with Crippen LogP contribution >= 0.6 is 0 Å². The van der Waals surface area contributed by atoms with Gasteiger partial charge >= 0.3 is 0 Å². The minimum absolute atomic E-state index is 0.568. The van der Waals surface area contributed by atoms with Gasteiger partial charge in [-0.25, -0.2) is 15.0 Å². The normalized spacial score (nSPS) is 12.6. The molecule has 1 atom stereocenters. The maximum absolute atomic E-state index is 10.1. The highest BCUT2D eigenvalue weighted by atomic mass is 16.3. The van der Waals surface area contributed by atoms with Gasteiger partial charge in [-0.15, -0.1) is 0 Å². The van der Waals surface area contributed by atoms with E-state index in [-0.39, 0.29) is 0 Å². The van der Waals surface area contributed by atoms with Crippen LogP contribution in [-0.2, 0) is 6.54 Å². The maximum atomic E-state index is 10.1. The van der Waals surface area contributed by atoms with Gasteiger partial charge in [-0.1, -0.05) is 6.92 Å². The molecule has 0 amide bonds. The van der Waals surface area contributed by atoms with Crippen LogP contribution in [0.15, 0.2) is 31.0 Å². The number of aryl methyl sites for hydroxylation is 1. The van der Waals surface area contributed by atoms with Crippen molar-refractivity contribution >= 4 is 0 Å². The standard InChI is InChI=1S/C11H14N4O/c1-2-6-15-7-5-13-11(15)10(16)9-3-4-12-8-14-9/h3-5,7-8,10,16H,2,6H2,1H3. The van der Waals surface area contributed by atoms with E-state index in [1.54, 1.807) is 18.5 Å². The van der Waals surface area contributed by atoms with Crippen molar-refractivity contribution in [3.8, 4) is 0 Å². The van der Waals surface area contributed by atoms with Crippen LogP contribution in [0.1, 0.15) is 31.0 Å². The molecule has 16 heavy (non-hydrogen) atoms. The predicted molar refractivity (Wildman–Crippen MR) is 58.6 cm³/mol. The number of aliphatic hydroxyl groups is 1. The van der Waals surface area contributed by atoms with Crippen molar-refractivity contribution < 1.29 is 5.11 Å². The van der Waals surface area contributed by atoms with Crippen LogP contribution in [0.5, 0.6) is 0 Å². The van der Waals surface area contributed by atoms with Gasteiger partial charge in [0, 0.05) is 25.1 Å². The van der Waals surface area contributed by atoms with Crippen molar-refractivity contribution in [2.45, 2.75) is 26.0 Å². The Hall–Kier alpha value is -1.75. The van der Waals surface area contributed by atoms with Crippen LogP contribution in [0.3, 0.4) is 0 Å². The Balaban J connectivity index is 2.27. The molecule has 0 spiro atoms. The van der Waals surface area contributed by atoms with Gasteiger partial charge in [0.2, 0.25) is 0 Å². The summed E-state index contributed by atoms with van der Waals surface area (Å²) in [5, 5.41) is 10.1. The van der Waals surface area contributed by atoms with Crippen molar-refractivity contribution in [2.75, 3.05) is 0 Å². The van der Waals surface area contributed by atoms with Crippen molar-refractivity contribution in [1.29, 1.82) is 0 Å². The van der Waals surface area contributed by atoms with Crippen LogP contribution in [0.2, 0.25) is 0 Å². The molecule has 0 aliphatic heterocycles. The summed E-state index contributed by atoms with van der Waals surface area (Å²) in [5.41, 5.74) is 0.568. The highest BCUT2D eigenvalue weighted by molar-refractivity contribution is 5.13. The van der Waals surface area contributed by atoms with Gasteiger partial charge in [0.25, 0.3) is 0 Å². The maximum Gasteiger partial charge on any atom is 0.154 e. The van der Waals surface area contributed by atoms with Crippen molar-refractivity contribution in [3.05, 3.63) is 42.5 Å². The van der Waals surface area contributed by atoms with Gasteiger partial charge in [-0.3, -0.25) is 0 Å². The minimum Gasteiger partial charge on any atom is -0.379 e. The molecular formula is C11H14N4O. The molecule has 2 aromatic heterocycles. The number of aromatic nitrogens is 4. The Bertz CT molecular complexity index is 440. The highest BCUT2D eigenvalue weighted by Gasteiger charge is 2.16. The Kier molecular flexibility index (Phi) is 3.26. The van der Waals surface area contributed by atoms with Gasteiger partial charge in [0.1, 0.15) is 12.2 Å². The number of hydrogen-bond acceptors (Lipinski definition) is 4. The van der Waals surface area contributed by atoms with Crippen LogP contribution in [0.4, 0.5) is 0 Å². The van der Waals surface area contributed by atoms with E-state index in [1.165, 1.54) is 6.33 Å². The zero-order valence-corrected chi connectivity index (χ0v) is 9.11. The molecule has 0 aromatic carbocycles. The molecule has 2 heterocycles. The summed E-state index contributed by atoms with van der Waals surface area (Å²) in [5.74, 6) is 0.626. The van der Waals surface area contributed by atoms with Gasteiger partial charge in [-0.05, 0) is 12.5 Å². The predicted octanol–water partition coefficient (Wildman–Crippen LogP) is 1.16. The first-order valence-electron chi connectivity index (χ1n) is 5.28. The second-order valence-corrected chi connectivity index (χ2v) is 3.52. The smallest absolute Gasteiger partial charge is 0.154 e. The Labute approximate surface area is 93.8 Å². The van der Waals surface area contributed by atoms with Crippen LogP contribution in [0.25, 0.3) is 0 Å². The van der Waals surface area contributed by atoms with E-state index in [0.717, 1.165) is 13.0 Å². The molecule has 5 heteroatoms. The molecule has 0 aliphatic carbocycles. The van der Waals surface area contributed by atoms with Crippen molar-refractivity contribution in [2.24, 2.45) is 0 Å². The molecule has 5 nitrogen and oxygen atoms in total. The highest BCUT2D eigenvalue weighted by Crippen LogP contribution is 2.17. The van der Waals surface area contributed by atoms with E-state index in [4.69, 9.17) is 0 Å². The van der Waals surface area contributed by atoms with Crippen LogP contribution < -0.4 is 0 Å². The lowest BCUT2D eigenvalue weighted by Gasteiger charge is -2.11. The van der Waals surface area contributed by atoms with Crippen molar-refractivity contribution in [3.63, 3.8) is 0 Å². The lowest BCUT2D eigenvalue weighted by molar-refractivity contribution is 0.199. The van der Waals surface area contributed by atoms with Gasteiger partial charge in [0.15, 0.2) is 6.10 Å². The molecule has 0 radical (unpaired) electrons. The first-order chi connectivity index (χ1) is 7.83. The summed E-state index contributed by atoms with van der Waals surface area (Å²) in [6.45, 7) is 2.93. The van der Waals surface area contributed by atoms with E-state index in [0.29, 0.717) is 11.5 Å². The topological polar surface area (TPSA) is 63.8 Å². The second kappa shape index (κ2) is 4.85. The van der Waals surface area contributed by atoms with E-state index >= 15 is 0 Å². The molecule has 0 saturated heterocycles. The number of aliphatic hydroxyl groups excluding tert-OH is 1. The lowest BCUT2D eigenvalue weighted by Crippen LogP contribution is -2.10. The molecule has 0 fully saturated rings. The average molecular weight is 218 g/mol. The largest absolute Gasteiger partial charge is 0.379 e. The fourth-order valence-electron chi connectivity index (χ4n) is 1.59. The van der Waals surface area contributed by atoms with E-state index < -0.39 is 6.10 Å². The monoisotopic (exact) mass is 218 g/mol. The van der Waals surface area contributed by atoms with Crippen molar-refractivity contribution in [1.82, 2.24) is 19.5 Å². The summed E-state index contributed by atoms with van der Waals surface area (Å²) >= 11 is 0. The summed E-state index contributed by atoms with van der Waals surface area (Å²) in [7, 11) is 0. The molecule has 2 aromatic rings. The molecule has 0 aliphatic rings. The Morgan fingerprint density at radius 1 is 1.38 bits per heavy atom. The molecular weight excluding hydrogens is 204 g/mol. The number of imidazole rings is 1. The molecule has 2 rings (SSSR count). The minimum atomic E-state index is -0.787. The van der Waals surface area contributed by atoms with E-state index in [1.807, 2.05) is 10.8 Å². The fourth-order valence-corrected chi connectivity index (χ4v) is 1.59. The van der Waals surface area contributed by atoms with E-state index in [2.05, 4.69) is 21.9 Å². The molecule has 84 valence electrons. The summed E-state index contributed by atoms with van der Waals surface area (Å²) in [6, 6.07) is 1.69. The quantitative estimate of drug-likeness (QED) is 0.836. The molecule has 1 N–H and O–H groups in total. The Morgan fingerprint density at radius 3 is 2.94 bits per heavy atom. The number of rotatable bonds is 4. The molecule has 0 saturated carbocycles. The third-order valence-electron chi connectivity index (χ3n) is 2.34. The third kappa shape index (κ3) is 2.09. The first kappa shape index (κ1) is 10.8. The molecule has 1 unspecified atom stereocenters. The van der Waals surface area contributed by atoms with Crippen LogP contribution in [0, 0.1) is 0 Å². The second-order valence-electron chi connectivity index (χ2n) is 3.52. The lowest BCUT2D eigenvalue weighted by atomic mass is 10.2. The molecule has 0 bridgehead atoms. The number of hydrogen-bond donors (Lipinski definition) is 1. The number of nitrogens with zero attached hydrogens (tertiary/aromatic N) is 4. The van der Waals surface area contributed by atoms with Gasteiger partial charge in [0.05, 0.1) is 5.69 Å². The van der Waals surface area contributed by atoms with Gasteiger partial charge in [-0.2, -0.15) is 0 Å². The SMILES string of the molecule is CCCn1ccnc1C(O)c1ccncn1. The summed E-state index contributed by atoms with van der Waals surface area (Å²) < 4.78 is 1.94. The first-order valence-corrected chi connectivity index (χ1v) is 5.28. The summed E-state index contributed by atoms with van der Waals surface area (Å²) in [4.78, 5) is 12.0. The average Bonchev–Trinajstić information content (AvgIpc) is 2.78. The zero-order chi connectivity index (χ0) is 11.4. The fraction of sp³-hybridized carbons (Fsp3) is 0.364. The zero-order valence-electron chi connectivity index (χ0n) is 9.11. The van der Waals surface area contributed by atoms with E-state index in [9.17, 15) is 5.11 Å². The third-order valence-corrected chi connectivity index (χ3v) is 2.34. The summed E-state index contributed by atoms with van der Waals surface area (Å²) in [6.07, 6.45) is 6.80. The Morgan fingerprint density at radius 2 is 2.25 bits per heavy atom.